The summed E-state index contributed by atoms with van der Waals surface area (Å²) in [5.74, 6) is -1.24. The number of aliphatic hydroxyl groups is 1. The molecular formula is C13H21NO4. The largest absolute Gasteiger partial charge is 0.480 e. The first-order valence-electron chi connectivity index (χ1n) is 6.63. The number of rotatable bonds is 2. The number of carbonyl (C=O) groups excluding carboxylic acids is 1. The number of carbonyl (C=O) groups is 2. The van der Waals surface area contributed by atoms with Crippen molar-refractivity contribution in [3.05, 3.63) is 0 Å². The topological polar surface area (TPSA) is 77.8 Å². The molecule has 18 heavy (non-hydrogen) atoms. The molecule has 5 nitrogen and oxygen atoms in total. The number of carboxylic acids is 1. The predicted molar refractivity (Wildman–Crippen MR) is 65.0 cm³/mol. The number of hydrogen-bond acceptors (Lipinski definition) is 3. The van der Waals surface area contributed by atoms with Crippen molar-refractivity contribution in [2.45, 2.75) is 51.0 Å². The highest BCUT2D eigenvalue weighted by molar-refractivity contribution is 6.02. The van der Waals surface area contributed by atoms with Gasteiger partial charge in [-0.2, -0.15) is 0 Å². The summed E-state index contributed by atoms with van der Waals surface area (Å²) >= 11 is 0. The Labute approximate surface area is 107 Å². The normalized spacial score (nSPS) is 31.3. The van der Waals surface area contributed by atoms with E-state index < -0.39 is 17.0 Å². The van der Waals surface area contributed by atoms with Crippen molar-refractivity contribution < 1.29 is 19.8 Å². The lowest BCUT2D eigenvalue weighted by Crippen LogP contribution is -2.53. The first-order chi connectivity index (χ1) is 8.37. The molecule has 0 aromatic carbocycles. The van der Waals surface area contributed by atoms with Crippen molar-refractivity contribution in [2.24, 2.45) is 5.41 Å². The van der Waals surface area contributed by atoms with E-state index >= 15 is 0 Å². The smallest absolute Gasteiger partial charge is 0.319 e. The van der Waals surface area contributed by atoms with Gasteiger partial charge in [0.05, 0.1) is 5.60 Å². The number of hydrogen-bond donors (Lipinski definition) is 2. The molecule has 0 spiro atoms. The minimum atomic E-state index is -1.17. The van der Waals surface area contributed by atoms with Crippen LogP contribution in [-0.2, 0) is 9.59 Å². The Balaban J connectivity index is 2.07. The summed E-state index contributed by atoms with van der Waals surface area (Å²) in [5.41, 5.74) is -1.90. The van der Waals surface area contributed by atoms with Gasteiger partial charge in [-0.15, -0.1) is 0 Å². The molecule has 1 aliphatic heterocycles. The van der Waals surface area contributed by atoms with Crippen molar-refractivity contribution >= 4 is 11.9 Å². The van der Waals surface area contributed by atoms with Crippen LogP contribution < -0.4 is 0 Å². The average Bonchev–Trinajstić information content (AvgIpc) is 2.36. The predicted octanol–water partition coefficient (Wildman–Crippen LogP) is 1.00. The highest BCUT2D eigenvalue weighted by Gasteiger charge is 2.53. The monoisotopic (exact) mass is 255 g/mol. The van der Waals surface area contributed by atoms with Crippen LogP contribution in [0.3, 0.4) is 0 Å². The van der Waals surface area contributed by atoms with E-state index in [1.54, 1.807) is 11.8 Å². The molecule has 1 saturated heterocycles. The molecule has 1 unspecified atom stereocenters. The van der Waals surface area contributed by atoms with E-state index in [9.17, 15) is 19.8 Å². The van der Waals surface area contributed by atoms with Gasteiger partial charge >= 0.3 is 5.97 Å². The maximum atomic E-state index is 12.4. The summed E-state index contributed by atoms with van der Waals surface area (Å²) in [5, 5.41) is 19.2. The molecule has 1 amide bonds. The van der Waals surface area contributed by atoms with Gasteiger partial charge in [0.15, 0.2) is 0 Å². The zero-order valence-corrected chi connectivity index (χ0v) is 10.8. The quantitative estimate of drug-likeness (QED) is 0.722. The lowest BCUT2D eigenvalue weighted by molar-refractivity contribution is -0.167. The Morgan fingerprint density at radius 2 is 1.72 bits per heavy atom. The van der Waals surface area contributed by atoms with Crippen LogP contribution in [0.25, 0.3) is 0 Å². The van der Waals surface area contributed by atoms with Gasteiger partial charge in [0.1, 0.15) is 5.41 Å². The Bertz CT molecular complexity index is 360. The number of likely N-dealkylation sites (tertiary alicyclic amines) is 1. The Hall–Kier alpha value is -1.10. The second-order valence-corrected chi connectivity index (χ2v) is 5.88. The minimum Gasteiger partial charge on any atom is -0.480 e. The lowest BCUT2D eigenvalue weighted by Gasteiger charge is -2.39. The number of amides is 1. The molecule has 1 atom stereocenters. The molecule has 2 N–H and O–H groups in total. The van der Waals surface area contributed by atoms with E-state index in [1.165, 1.54) is 0 Å². The first kappa shape index (κ1) is 13.3. The second kappa shape index (κ2) is 4.53. The standard InChI is InChI=1S/C13H21NO4/c1-12(18)4-3-8-14(9-7-12)10(15)13(11(16)17)5-2-6-13/h18H,2-9H2,1H3,(H,16,17). The molecule has 1 aliphatic carbocycles. The van der Waals surface area contributed by atoms with Gasteiger partial charge in [-0.05, 0) is 39.0 Å². The minimum absolute atomic E-state index is 0.251. The van der Waals surface area contributed by atoms with E-state index in [0.717, 1.165) is 12.8 Å². The Morgan fingerprint density at radius 1 is 1.06 bits per heavy atom. The Morgan fingerprint density at radius 3 is 2.22 bits per heavy atom. The van der Waals surface area contributed by atoms with Crippen molar-refractivity contribution in [1.82, 2.24) is 4.90 Å². The van der Waals surface area contributed by atoms with Gasteiger partial charge < -0.3 is 15.1 Å². The first-order valence-corrected chi connectivity index (χ1v) is 6.63. The molecule has 0 aromatic rings. The van der Waals surface area contributed by atoms with Crippen LogP contribution >= 0.6 is 0 Å². The molecule has 0 bridgehead atoms. The zero-order chi connectivity index (χ0) is 13.4. The number of carboxylic acid groups (broad SMARTS) is 1. The fraction of sp³-hybridized carbons (Fsp3) is 0.846. The zero-order valence-electron chi connectivity index (χ0n) is 10.8. The summed E-state index contributed by atoms with van der Waals surface area (Å²) in [6, 6.07) is 0. The third kappa shape index (κ3) is 2.23. The van der Waals surface area contributed by atoms with Crippen LogP contribution in [0.4, 0.5) is 0 Å². The molecule has 1 saturated carbocycles. The maximum Gasteiger partial charge on any atom is 0.319 e. The fourth-order valence-corrected chi connectivity index (χ4v) is 2.82. The van der Waals surface area contributed by atoms with Gasteiger partial charge in [-0.25, -0.2) is 0 Å². The third-order valence-electron chi connectivity index (χ3n) is 4.38. The molecule has 2 aliphatic rings. The van der Waals surface area contributed by atoms with Crippen LogP contribution in [0.1, 0.15) is 45.4 Å². The van der Waals surface area contributed by atoms with Gasteiger partial charge in [-0.3, -0.25) is 9.59 Å². The molecule has 0 aromatic heterocycles. The summed E-state index contributed by atoms with van der Waals surface area (Å²) in [6.45, 7) is 2.79. The molecule has 2 fully saturated rings. The van der Waals surface area contributed by atoms with E-state index in [0.29, 0.717) is 38.8 Å². The van der Waals surface area contributed by atoms with Crippen LogP contribution in [0.5, 0.6) is 0 Å². The van der Waals surface area contributed by atoms with E-state index in [-0.39, 0.29) is 5.91 Å². The molecule has 1 heterocycles. The van der Waals surface area contributed by atoms with E-state index in [1.807, 2.05) is 0 Å². The summed E-state index contributed by atoms with van der Waals surface area (Å²) in [4.78, 5) is 25.3. The molecule has 0 radical (unpaired) electrons. The summed E-state index contributed by atoms with van der Waals surface area (Å²) < 4.78 is 0. The van der Waals surface area contributed by atoms with Crippen LogP contribution in [0, 0.1) is 5.41 Å². The van der Waals surface area contributed by atoms with Crippen molar-refractivity contribution in [3.8, 4) is 0 Å². The highest BCUT2D eigenvalue weighted by Crippen LogP contribution is 2.43. The molecule has 2 rings (SSSR count). The van der Waals surface area contributed by atoms with Gasteiger partial charge in [0.2, 0.25) is 5.91 Å². The van der Waals surface area contributed by atoms with Gasteiger partial charge in [0, 0.05) is 13.1 Å². The highest BCUT2D eigenvalue weighted by atomic mass is 16.4. The average molecular weight is 255 g/mol. The maximum absolute atomic E-state index is 12.4. The van der Waals surface area contributed by atoms with Gasteiger partial charge in [0.25, 0.3) is 0 Å². The lowest BCUT2D eigenvalue weighted by atomic mass is 9.67. The van der Waals surface area contributed by atoms with Crippen LogP contribution in [-0.4, -0.2) is 45.7 Å². The summed E-state index contributed by atoms with van der Waals surface area (Å²) in [7, 11) is 0. The van der Waals surface area contributed by atoms with Crippen molar-refractivity contribution in [3.63, 3.8) is 0 Å². The molecule has 5 heteroatoms. The molecule has 102 valence electrons. The Kier molecular flexibility index (Phi) is 3.36. The van der Waals surface area contributed by atoms with Gasteiger partial charge in [-0.1, -0.05) is 6.42 Å². The van der Waals surface area contributed by atoms with Crippen molar-refractivity contribution in [1.29, 1.82) is 0 Å². The van der Waals surface area contributed by atoms with Crippen LogP contribution in [0.15, 0.2) is 0 Å². The SMILES string of the molecule is CC1(O)CCCN(C(=O)C2(C(=O)O)CCC2)CC1. The third-order valence-corrected chi connectivity index (χ3v) is 4.38. The fourth-order valence-electron chi connectivity index (χ4n) is 2.82. The second-order valence-electron chi connectivity index (χ2n) is 5.88. The van der Waals surface area contributed by atoms with Crippen LogP contribution in [0.2, 0.25) is 0 Å². The van der Waals surface area contributed by atoms with E-state index in [2.05, 4.69) is 0 Å². The number of aliphatic carboxylic acids is 1. The van der Waals surface area contributed by atoms with Crippen molar-refractivity contribution in [2.75, 3.05) is 13.1 Å². The summed E-state index contributed by atoms with van der Waals surface area (Å²) in [6.07, 6.45) is 3.63. The molecular weight excluding hydrogens is 234 g/mol. The number of nitrogens with zero attached hydrogens (tertiary/aromatic N) is 1. The van der Waals surface area contributed by atoms with E-state index in [4.69, 9.17) is 0 Å².